The average Bonchev–Trinajstić information content (AvgIpc) is 3.17. The van der Waals surface area contributed by atoms with E-state index in [4.69, 9.17) is 4.74 Å². The Bertz CT molecular complexity index is 740. The van der Waals surface area contributed by atoms with Gasteiger partial charge in [-0.05, 0) is 67.1 Å². The number of hydrogen-bond donors (Lipinski definition) is 0. The predicted molar refractivity (Wildman–Crippen MR) is 109 cm³/mol. The molecule has 2 heterocycles. The van der Waals surface area contributed by atoms with Crippen LogP contribution in [0.1, 0.15) is 19.3 Å². The molecular formula is C23H29FN2O. The van der Waals surface area contributed by atoms with Crippen LogP contribution in [0.2, 0.25) is 0 Å². The summed E-state index contributed by atoms with van der Waals surface area (Å²) in [5.41, 5.74) is 3.27. The van der Waals surface area contributed by atoms with Gasteiger partial charge in [-0.15, -0.1) is 0 Å². The molecule has 0 N–H and O–H groups in total. The van der Waals surface area contributed by atoms with E-state index >= 15 is 0 Å². The van der Waals surface area contributed by atoms with Crippen molar-refractivity contribution >= 4 is 5.69 Å². The van der Waals surface area contributed by atoms with Crippen molar-refractivity contribution in [2.75, 3.05) is 44.8 Å². The number of nitrogens with zero attached hydrogens (tertiary/aromatic N) is 2. The van der Waals surface area contributed by atoms with Gasteiger partial charge in [-0.25, -0.2) is 4.39 Å². The van der Waals surface area contributed by atoms with Crippen LogP contribution in [0.5, 0.6) is 0 Å². The molecular weight excluding hydrogens is 339 g/mol. The normalized spacial score (nSPS) is 21.7. The van der Waals surface area contributed by atoms with E-state index in [1.165, 1.54) is 44.1 Å². The lowest BCUT2D eigenvalue weighted by Crippen LogP contribution is -2.44. The SMILES string of the molecule is COC[C@@H]1CCN(C2CCN(c3ccc(-c4cccc(F)c4)cc3)CC2)C1. The van der Waals surface area contributed by atoms with Crippen molar-refractivity contribution in [3.05, 3.63) is 54.3 Å². The van der Waals surface area contributed by atoms with Crippen LogP contribution in [0.25, 0.3) is 11.1 Å². The van der Waals surface area contributed by atoms with Crippen LogP contribution in [0, 0.1) is 11.7 Å². The molecule has 27 heavy (non-hydrogen) atoms. The quantitative estimate of drug-likeness (QED) is 0.776. The standard InChI is InChI=1S/C23H29FN2O/c1-27-17-18-9-12-26(16-18)23-10-13-25(14-11-23)22-7-5-19(6-8-22)20-3-2-4-21(24)15-20/h2-8,15,18,23H,9-14,16-17H2,1H3/t18-/m1/s1. The van der Waals surface area contributed by atoms with Crippen LogP contribution in [0.3, 0.4) is 0 Å². The van der Waals surface area contributed by atoms with Crippen LogP contribution in [0.15, 0.2) is 48.5 Å². The first-order chi connectivity index (χ1) is 13.2. The number of likely N-dealkylation sites (tertiary alicyclic amines) is 1. The summed E-state index contributed by atoms with van der Waals surface area (Å²) in [6.07, 6.45) is 3.73. The smallest absolute Gasteiger partial charge is 0.123 e. The molecule has 0 spiro atoms. The van der Waals surface area contributed by atoms with Gasteiger partial charge in [0.05, 0.1) is 6.61 Å². The van der Waals surface area contributed by atoms with Gasteiger partial charge in [-0.2, -0.15) is 0 Å². The lowest BCUT2D eigenvalue weighted by Gasteiger charge is -2.38. The summed E-state index contributed by atoms with van der Waals surface area (Å²) in [4.78, 5) is 5.16. The lowest BCUT2D eigenvalue weighted by molar-refractivity contribution is 0.142. The third kappa shape index (κ3) is 4.33. The molecule has 0 bridgehead atoms. The minimum atomic E-state index is -0.187. The van der Waals surface area contributed by atoms with E-state index in [1.54, 1.807) is 19.2 Å². The molecule has 3 nitrogen and oxygen atoms in total. The van der Waals surface area contributed by atoms with Gasteiger partial charge >= 0.3 is 0 Å². The zero-order valence-electron chi connectivity index (χ0n) is 16.1. The summed E-state index contributed by atoms with van der Waals surface area (Å²) in [6.45, 7) is 5.53. The van der Waals surface area contributed by atoms with Crippen molar-refractivity contribution in [2.24, 2.45) is 5.92 Å². The summed E-state index contributed by atoms with van der Waals surface area (Å²) >= 11 is 0. The van der Waals surface area contributed by atoms with Crippen molar-refractivity contribution in [1.82, 2.24) is 4.90 Å². The highest BCUT2D eigenvalue weighted by Crippen LogP contribution is 2.28. The number of ether oxygens (including phenoxy) is 1. The molecule has 2 aliphatic heterocycles. The Morgan fingerprint density at radius 1 is 0.963 bits per heavy atom. The van der Waals surface area contributed by atoms with Gasteiger partial charge in [0, 0.05) is 38.5 Å². The Kier molecular flexibility index (Phi) is 5.74. The maximum absolute atomic E-state index is 13.4. The fourth-order valence-corrected chi connectivity index (χ4v) is 4.59. The fraction of sp³-hybridized carbons (Fsp3) is 0.478. The Morgan fingerprint density at radius 2 is 1.74 bits per heavy atom. The molecule has 2 fully saturated rings. The second kappa shape index (κ2) is 8.41. The number of benzene rings is 2. The Morgan fingerprint density at radius 3 is 2.44 bits per heavy atom. The highest BCUT2D eigenvalue weighted by molar-refractivity contribution is 5.66. The molecule has 0 radical (unpaired) electrons. The molecule has 0 saturated carbocycles. The van der Waals surface area contributed by atoms with Crippen LogP contribution in [-0.4, -0.2) is 50.8 Å². The maximum Gasteiger partial charge on any atom is 0.123 e. The predicted octanol–water partition coefficient (Wildman–Crippen LogP) is 4.43. The van der Waals surface area contributed by atoms with E-state index in [-0.39, 0.29) is 5.82 Å². The summed E-state index contributed by atoms with van der Waals surface area (Å²) < 4.78 is 18.8. The number of rotatable bonds is 5. The van der Waals surface area contributed by atoms with Gasteiger partial charge < -0.3 is 9.64 Å². The molecule has 2 aromatic rings. The van der Waals surface area contributed by atoms with Gasteiger partial charge in [-0.1, -0.05) is 24.3 Å². The monoisotopic (exact) mass is 368 g/mol. The first-order valence-electron chi connectivity index (χ1n) is 10.1. The number of halogens is 1. The summed E-state index contributed by atoms with van der Waals surface area (Å²) in [5, 5.41) is 0. The molecule has 2 saturated heterocycles. The first kappa shape index (κ1) is 18.5. The topological polar surface area (TPSA) is 15.7 Å². The maximum atomic E-state index is 13.4. The van der Waals surface area contributed by atoms with Crippen molar-refractivity contribution in [2.45, 2.75) is 25.3 Å². The van der Waals surface area contributed by atoms with E-state index in [1.807, 2.05) is 6.07 Å². The Labute approximate surface area is 161 Å². The molecule has 1 atom stereocenters. The second-order valence-corrected chi connectivity index (χ2v) is 7.88. The molecule has 2 aliphatic rings. The zero-order chi connectivity index (χ0) is 18.6. The van der Waals surface area contributed by atoms with Crippen LogP contribution < -0.4 is 4.90 Å². The third-order valence-electron chi connectivity index (χ3n) is 6.09. The summed E-state index contributed by atoms with van der Waals surface area (Å²) in [5.74, 6) is 0.525. The number of methoxy groups -OCH3 is 1. The van der Waals surface area contributed by atoms with Crippen molar-refractivity contribution < 1.29 is 9.13 Å². The van der Waals surface area contributed by atoms with E-state index < -0.39 is 0 Å². The van der Waals surface area contributed by atoms with E-state index in [0.29, 0.717) is 5.92 Å². The van der Waals surface area contributed by atoms with Crippen molar-refractivity contribution in [3.63, 3.8) is 0 Å². The van der Waals surface area contributed by atoms with E-state index in [0.717, 1.165) is 36.9 Å². The first-order valence-corrected chi connectivity index (χ1v) is 10.1. The molecule has 144 valence electrons. The average molecular weight is 368 g/mol. The molecule has 0 amide bonds. The highest BCUT2D eigenvalue weighted by Gasteiger charge is 2.30. The largest absolute Gasteiger partial charge is 0.384 e. The van der Waals surface area contributed by atoms with Crippen LogP contribution >= 0.6 is 0 Å². The second-order valence-electron chi connectivity index (χ2n) is 7.88. The molecule has 4 rings (SSSR count). The zero-order valence-corrected chi connectivity index (χ0v) is 16.1. The van der Waals surface area contributed by atoms with E-state index in [9.17, 15) is 4.39 Å². The van der Waals surface area contributed by atoms with E-state index in [2.05, 4.69) is 34.1 Å². The number of piperidine rings is 1. The van der Waals surface area contributed by atoms with Crippen molar-refractivity contribution in [1.29, 1.82) is 0 Å². The Balaban J connectivity index is 1.33. The minimum absolute atomic E-state index is 0.187. The molecule has 4 heteroatoms. The molecule has 0 aliphatic carbocycles. The Hall–Kier alpha value is -1.91. The van der Waals surface area contributed by atoms with Gasteiger partial charge in [0.15, 0.2) is 0 Å². The van der Waals surface area contributed by atoms with Gasteiger partial charge in [0.25, 0.3) is 0 Å². The highest BCUT2D eigenvalue weighted by atomic mass is 19.1. The fourth-order valence-electron chi connectivity index (χ4n) is 4.59. The minimum Gasteiger partial charge on any atom is -0.384 e. The van der Waals surface area contributed by atoms with Gasteiger partial charge in [0.2, 0.25) is 0 Å². The van der Waals surface area contributed by atoms with Crippen molar-refractivity contribution in [3.8, 4) is 11.1 Å². The third-order valence-corrected chi connectivity index (χ3v) is 6.09. The van der Waals surface area contributed by atoms with Gasteiger partial charge in [-0.3, -0.25) is 4.90 Å². The van der Waals surface area contributed by atoms with Gasteiger partial charge in [0.1, 0.15) is 5.82 Å². The number of anilines is 1. The molecule has 0 aromatic heterocycles. The summed E-state index contributed by atoms with van der Waals surface area (Å²) in [6, 6.07) is 16.1. The van der Waals surface area contributed by atoms with Crippen LogP contribution in [-0.2, 0) is 4.74 Å². The lowest BCUT2D eigenvalue weighted by atomic mass is 10.0. The summed E-state index contributed by atoms with van der Waals surface area (Å²) in [7, 11) is 1.81. The molecule has 2 aromatic carbocycles. The molecule has 0 unspecified atom stereocenters. The number of hydrogen-bond acceptors (Lipinski definition) is 3. The van der Waals surface area contributed by atoms with Crippen LogP contribution in [0.4, 0.5) is 10.1 Å².